The maximum absolute atomic E-state index is 12.0. The van der Waals surface area contributed by atoms with Crippen LogP contribution in [0.25, 0.3) is 0 Å². The van der Waals surface area contributed by atoms with Crippen molar-refractivity contribution in [2.75, 3.05) is 26.8 Å². The lowest BCUT2D eigenvalue weighted by atomic mass is 10.1. The van der Waals surface area contributed by atoms with E-state index in [1.165, 1.54) is 4.90 Å². The number of carboxylic acids is 1. The van der Waals surface area contributed by atoms with Crippen LogP contribution in [0.2, 0.25) is 0 Å². The van der Waals surface area contributed by atoms with E-state index in [1.807, 2.05) is 25.1 Å². The third-order valence-electron chi connectivity index (χ3n) is 3.41. The number of carboxylic acid groups (broad SMARTS) is 1. The number of carbonyl (C=O) groups excluding carboxylic acids is 1. The molecule has 1 unspecified atom stereocenters. The molecular weight excluding hydrogens is 288 g/mol. The SMILES string of the molecule is CC(NC(=O)N(C)CCC(=O)O)c1ccc2c(c1)OCCO2. The van der Waals surface area contributed by atoms with Crippen LogP contribution in [0.3, 0.4) is 0 Å². The quantitative estimate of drug-likeness (QED) is 0.863. The molecule has 1 aromatic rings. The summed E-state index contributed by atoms with van der Waals surface area (Å²) in [5, 5.41) is 11.5. The summed E-state index contributed by atoms with van der Waals surface area (Å²) in [5.41, 5.74) is 0.893. The summed E-state index contributed by atoms with van der Waals surface area (Å²) >= 11 is 0. The molecule has 1 aliphatic heterocycles. The van der Waals surface area contributed by atoms with Crippen LogP contribution >= 0.6 is 0 Å². The minimum Gasteiger partial charge on any atom is -0.486 e. The molecule has 0 spiro atoms. The van der Waals surface area contributed by atoms with Gasteiger partial charge in [-0.2, -0.15) is 0 Å². The van der Waals surface area contributed by atoms with E-state index >= 15 is 0 Å². The van der Waals surface area contributed by atoms with Gasteiger partial charge in [-0.1, -0.05) is 6.07 Å². The predicted octanol–water partition coefficient (Wildman–Crippen LogP) is 1.63. The fraction of sp³-hybridized carbons (Fsp3) is 0.467. The molecule has 0 aliphatic carbocycles. The Labute approximate surface area is 128 Å². The van der Waals surface area contributed by atoms with E-state index in [2.05, 4.69) is 5.32 Å². The zero-order chi connectivity index (χ0) is 16.1. The molecule has 7 heteroatoms. The number of nitrogens with one attached hydrogen (secondary N) is 1. The second kappa shape index (κ2) is 7.02. The van der Waals surface area contributed by atoms with E-state index in [1.54, 1.807) is 7.05 Å². The highest BCUT2D eigenvalue weighted by atomic mass is 16.6. The first-order valence-electron chi connectivity index (χ1n) is 7.10. The molecule has 0 aromatic heterocycles. The van der Waals surface area contributed by atoms with Crippen LogP contribution in [-0.4, -0.2) is 48.8 Å². The normalized spacial score (nSPS) is 14.1. The number of nitrogens with zero attached hydrogens (tertiary/aromatic N) is 1. The second-order valence-corrected chi connectivity index (χ2v) is 5.14. The minimum absolute atomic E-state index is 0.0810. The van der Waals surface area contributed by atoms with Gasteiger partial charge in [0.25, 0.3) is 0 Å². The third kappa shape index (κ3) is 4.03. The number of carbonyl (C=O) groups is 2. The lowest BCUT2D eigenvalue weighted by Crippen LogP contribution is -2.39. The van der Waals surface area contributed by atoms with Crippen molar-refractivity contribution in [2.45, 2.75) is 19.4 Å². The molecule has 1 aromatic carbocycles. The Hall–Kier alpha value is -2.44. The van der Waals surface area contributed by atoms with E-state index in [9.17, 15) is 9.59 Å². The zero-order valence-corrected chi connectivity index (χ0v) is 12.7. The molecule has 0 saturated heterocycles. The Morgan fingerprint density at radius 1 is 1.32 bits per heavy atom. The molecule has 1 aliphatic rings. The van der Waals surface area contributed by atoms with Gasteiger partial charge in [0.05, 0.1) is 12.5 Å². The van der Waals surface area contributed by atoms with E-state index in [0.29, 0.717) is 24.7 Å². The molecular formula is C15H20N2O5. The summed E-state index contributed by atoms with van der Waals surface area (Å²) in [5.74, 6) is 0.440. The Morgan fingerprint density at radius 3 is 2.68 bits per heavy atom. The van der Waals surface area contributed by atoms with Gasteiger partial charge < -0.3 is 24.8 Å². The van der Waals surface area contributed by atoms with Gasteiger partial charge in [-0.3, -0.25) is 4.79 Å². The number of ether oxygens (including phenoxy) is 2. The number of urea groups is 1. The average molecular weight is 308 g/mol. The number of hydrogen-bond acceptors (Lipinski definition) is 4. The van der Waals surface area contributed by atoms with Gasteiger partial charge in [0.1, 0.15) is 13.2 Å². The van der Waals surface area contributed by atoms with Crippen molar-refractivity contribution in [3.05, 3.63) is 23.8 Å². The molecule has 2 amide bonds. The molecule has 22 heavy (non-hydrogen) atoms. The molecule has 0 fully saturated rings. The van der Waals surface area contributed by atoms with Gasteiger partial charge in [-0.25, -0.2) is 4.79 Å². The summed E-state index contributed by atoms with van der Waals surface area (Å²) in [6, 6.07) is 4.99. The molecule has 0 radical (unpaired) electrons. The van der Waals surface area contributed by atoms with Gasteiger partial charge in [-0.05, 0) is 24.6 Å². The molecule has 0 saturated carbocycles. The summed E-state index contributed by atoms with van der Waals surface area (Å²) in [6.45, 7) is 3.06. The van der Waals surface area contributed by atoms with Crippen LogP contribution in [0.1, 0.15) is 24.9 Å². The standard InChI is InChI=1S/C15H20N2O5/c1-10(16-15(20)17(2)6-5-14(18)19)11-3-4-12-13(9-11)22-8-7-21-12/h3-4,9-10H,5-8H2,1-2H3,(H,16,20)(H,18,19). The lowest BCUT2D eigenvalue weighted by molar-refractivity contribution is -0.137. The fourth-order valence-corrected chi connectivity index (χ4v) is 2.07. The van der Waals surface area contributed by atoms with E-state index in [0.717, 1.165) is 5.56 Å². The van der Waals surface area contributed by atoms with Crippen molar-refractivity contribution in [2.24, 2.45) is 0 Å². The fourth-order valence-electron chi connectivity index (χ4n) is 2.07. The summed E-state index contributed by atoms with van der Waals surface area (Å²) in [6.07, 6.45) is -0.0810. The van der Waals surface area contributed by atoms with Gasteiger partial charge in [0, 0.05) is 13.6 Å². The Kier molecular flexibility index (Phi) is 5.08. The maximum atomic E-state index is 12.0. The number of rotatable bonds is 5. The Bertz CT molecular complexity index is 561. The highest BCUT2D eigenvalue weighted by Crippen LogP contribution is 2.32. The molecule has 1 heterocycles. The van der Waals surface area contributed by atoms with Crippen LogP contribution in [0, 0.1) is 0 Å². The van der Waals surface area contributed by atoms with Crippen LogP contribution in [0.15, 0.2) is 18.2 Å². The first kappa shape index (κ1) is 15.9. The number of amides is 2. The largest absolute Gasteiger partial charge is 0.486 e. The monoisotopic (exact) mass is 308 g/mol. The van der Waals surface area contributed by atoms with Crippen LogP contribution in [0.4, 0.5) is 4.79 Å². The van der Waals surface area contributed by atoms with Crippen LogP contribution in [-0.2, 0) is 4.79 Å². The highest BCUT2D eigenvalue weighted by Gasteiger charge is 2.17. The topological polar surface area (TPSA) is 88.1 Å². The number of fused-ring (bicyclic) bond motifs is 1. The van der Waals surface area contributed by atoms with Gasteiger partial charge in [0.2, 0.25) is 0 Å². The molecule has 1 atom stereocenters. The molecule has 2 rings (SSSR count). The van der Waals surface area contributed by atoms with E-state index < -0.39 is 5.97 Å². The van der Waals surface area contributed by atoms with Gasteiger partial charge >= 0.3 is 12.0 Å². The molecule has 7 nitrogen and oxygen atoms in total. The number of aliphatic carboxylic acids is 1. The predicted molar refractivity (Wildman–Crippen MR) is 79.3 cm³/mol. The molecule has 120 valence electrons. The van der Waals surface area contributed by atoms with Crippen molar-refractivity contribution in [3.63, 3.8) is 0 Å². The van der Waals surface area contributed by atoms with E-state index in [-0.39, 0.29) is 25.0 Å². The highest BCUT2D eigenvalue weighted by molar-refractivity contribution is 5.75. The van der Waals surface area contributed by atoms with Crippen molar-refractivity contribution in [3.8, 4) is 11.5 Å². The average Bonchev–Trinajstić information content (AvgIpc) is 2.51. The first-order chi connectivity index (χ1) is 10.5. The number of hydrogen-bond donors (Lipinski definition) is 2. The number of benzene rings is 1. The van der Waals surface area contributed by atoms with Crippen molar-refractivity contribution in [1.82, 2.24) is 10.2 Å². The van der Waals surface area contributed by atoms with Gasteiger partial charge in [-0.15, -0.1) is 0 Å². The maximum Gasteiger partial charge on any atom is 0.317 e. The Balaban J connectivity index is 1.95. The van der Waals surface area contributed by atoms with Crippen molar-refractivity contribution < 1.29 is 24.2 Å². The van der Waals surface area contributed by atoms with Crippen LogP contribution < -0.4 is 14.8 Å². The van der Waals surface area contributed by atoms with Gasteiger partial charge in [0.15, 0.2) is 11.5 Å². The van der Waals surface area contributed by atoms with Crippen LogP contribution in [0.5, 0.6) is 11.5 Å². The second-order valence-electron chi connectivity index (χ2n) is 5.14. The third-order valence-corrected chi connectivity index (χ3v) is 3.41. The lowest BCUT2D eigenvalue weighted by Gasteiger charge is -2.23. The molecule has 2 N–H and O–H groups in total. The summed E-state index contributed by atoms with van der Waals surface area (Å²) in [7, 11) is 1.56. The minimum atomic E-state index is -0.931. The van der Waals surface area contributed by atoms with Crippen molar-refractivity contribution in [1.29, 1.82) is 0 Å². The van der Waals surface area contributed by atoms with E-state index in [4.69, 9.17) is 14.6 Å². The Morgan fingerprint density at radius 2 is 2.00 bits per heavy atom. The smallest absolute Gasteiger partial charge is 0.317 e. The first-order valence-corrected chi connectivity index (χ1v) is 7.10. The summed E-state index contributed by atoms with van der Waals surface area (Å²) < 4.78 is 11.0. The zero-order valence-electron chi connectivity index (χ0n) is 12.7. The molecule has 0 bridgehead atoms. The van der Waals surface area contributed by atoms with Crippen molar-refractivity contribution >= 4 is 12.0 Å². The summed E-state index contributed by atoms with van der Waals surface area (Å²) in [4.78, 5) is 23.9.